The fraction of sp³-hybridized carbons (Fsp3) is 0.190. The van der Waals surface area contributed by atoms with E-state index in [0.717, 1.165) is 22.8 Å². The molecule has 0 radical (unpaired) electrons. The lowest BCUT2D eigenvalue weighted by Crippen LogP contribution is -2.37. The van der Waals surface area contributed by atoms with Crippen LogP contribution in [0.25, 0.3) is 0 Å². The number of aliphatic imine (C=N–C) groups is 2. The molecule has 1 atom stereocenters. The number of nitrogens with one attached hydrogen (secondary N) is 1. The molecule has 2 aromatic carbocycles. The lowest BCUT2D eigenvalue weighted by atomic mass is 10.0. The van der Waals surface area contributed by atoms with E-state index < -0.39 is 5.91 Å². The largest absolute Gasteiger partial charge is 0.378 e. The Kier molecular flexibility index (Phi) is 4.57. The van der Waals surface area contributed by atoms with Crippen molar-refractivity contribution in [3.63, 3.8) is 0 Å². The summed E-state index contributed by atoms with van der Waals surface area (Å²) in [6, 6.07) is 15.5. The Morgan fingerprint density at radius 2 is 2.04 bits per heavy atom. The summed E-state index contributed by atoms with van der Waals surface area (Å²) in [6.07, 6.45) is 3.67. The quantitative estimate of drug-likeness (QED) is 0.861. The zero-order chi connectivity index (χ0) is 19.7. The lowest BCUT2D eigenvalue weighted by Gasteiger charge is -2.27. The number of amides is 1. The first-order chi connectivity index (χ1) is 13.5. The van der Waals surface area contributed by atoms with Gasteiger partial charge in [-0.15, -0.1) is 0 Å². The van der Waals surface area contributed by atoms with Crippen LogP contribution in [0.4, 0.5) is 11.4 Å². The van der Waals surface area contributed by atoms with Crippen molar-refractivity contribution in [2.45, 2.75) is 6.04 Å². The monoisotopic (exact) mass is 374 g/mol. The van der Waals surface area contributed by atoms with Crippen LogP contribution < -0.4 is 16.0 Å². The third-order valence-corrected chi connectivity index (χ3v) is 4.82. The van der Waals surface area contributed by atoms with Gasteiger partial charge in [-0.1, -0.05) is 18.2 Å². The Bertz CT molecular complexity index is 1010. The normalized spacial score (nSPS) is 17.6. The maximum absolute atomic E-state index is 11.5. The molecule has 0 saturated carbocycles. The zero-order valence-electron chi connectivity index (χ0n) is 15.8. The third kappa shape index (κ3) is 3.34. The molecule has 0 bridgehead atoms. The number of anilines is 2. The molecule has 3 N–H and O–H groups in total. The molecular weight excluding hydrogens is 352 g/mol. The summed E-state index contributed by atoms with van der Waals surface area (Å²) in [4.78, 5) is 24.8. The summed E-state index contributed by atoms with van der Waals surface area (Å²) >= 11 is 0. The van der Waals surface area contributed by atoms with Crippen LogP contribution >= 0.6 is 0 Å². The summed E-state index contributed by atoms with van der Waals surface area (Å²) in [5.41, 5.74) is 8.97. The van der Waals surface area contributed by atoms with Gasteiger partial charge in [-0.05, 0) is 35.9 Å². The minimum atomic E-state index is -0.431. The number of rotatable bonds is 4. The van der Waals surface area contributed by atoms with Crippen molar-refractivity contribution in [1.82, 2.24) is 4.90 Å². The van der Waals surface area contributed by atoms with Crippen LogP contribution in [-0.2, 0) is 0 Å². The van der Waals surface area contributed by atoms with E-state index >= 15 is 0 Å². The van der Waals surface area contributed by atoms with Gasteiger partial charge in [0.25, 0.3) is 0 Å². The molecule has 0 fully saturated rings. The number of benzene rings is 2. The number of carbonyl (C=O) groups excluding carboxylic acids is 1. The fourth-order valence-electron chi connectivity index (χ4n) is 3.35. The molecule has 1 amide bonds. The summed E-state index contributed by atoms with van der Waals surface area (Å²) < 4.78 is 0. The number of nitrogens with zero attached hydrogens (tertiary/aromatic N) is 4. The van der Waals surface area contributed by atoms with E-state index in [-0.39, 0.29) is 6.04 Å². The number of fused-ring (bicyclic) bond motifs is 1. The van der Waals surface area contributed by atoms with Gasteiger partial charge in [0.15, 0.2) is 11.7 Å². The van der Waals surface area contributed by atoms with Gasteiger partial charge in [0.1, 0.15) is 0 Å². The van der Waals surface area contributed by atoms with E-state index in [1.165, 1.54) is 0 Å². The number of hydrogen-bond acceptors (Lipinski definition) is 6. The van der Waals surface area contributed by atoms with Gasteiger partial charge in [-0.25, -0.2) is 4.99 Å². The number of amidine groups is 2. The second-order valence-electron chi connectivity index (χ2n) is 6.92. The highest BCUT2D eigenvalue weighted by molar-refractivity contribution is 6.45. The van der Waals surface area contributed by atoms with Gasteiger partial charge in [0.05, 0.1) is 12.6 Å². The molecular formula is C21H22N6O. The van der Waals surface area contributed by atoms with Crippen LogP contribution in [0.2, 0.25) is 0 Å². The van der Waals surface area contributed by atoms with Gasteiger partial charge < -0.3 is 20.9 Å². The van der Waals surface area contributed by atoms with E-state index in [9.17, 15) is 4.79 Å². The molecule has 4 rings (SSSR count). The molecule has 0 aromatic heterocycles. The summed E-state index contributed by atoms with van der Waals surface area (Å²) in [6.45, 7) is 0.584. The van der Waals surface area contributed by atoms with E-state index in [2.05, 4.69) is 32.2 Å². The Labute approximate surface area is 163 Å². The van der Waals surface area contributed by atoms with Gasteiger partial charge in [0.2, 0.25) is 5.91 Å². The van der Waals surface area contributed by atoms with Gasteiger partial charge in [0, 0.05) is 43.4 Å². The van der Waals surface area contributed by atoms with E-state index in [1.807, 2.05) is 50.6 Å². The highest BCUT2D eigenvalue weighted by Crippen LogP contribution is 2.30. The van der Waals surface area contributed by atoms with Crippen molar-refractivity contribution in [3.05, 3.63) is 72.1 Å². The molecule has 2 aliphatic heterocycles. The maximum Gasteiger partial charge on any atom is 0.248 e. The Balaban J connectivity index is 1.56. The molecule has 0 spiro atoms. The Morgan fingerprint density at radius 3 is 2.82 bits per heavy atom. The Hall–Kier alpha value is -3.61. The SMILES string of the molecule is CN(C)c1cccc(NC2=NC=CN3C2=NCC3c2cccc(C(N)=O)c2)c1. The van der Waals surface area contributed by atoms with Crippen LogP contribution in [0, 0.1) is 0 Å². The van der Waals surface area contributed by atoms with Crippen LogP contribution in [0.1, 0.15) is 22.0 Å². The van der Waals surface area contributed by atoms with Crippen molar-refractivity contribution in [2.75, 3.05) is 30.9 Å². The predicted octanol–water partition coefficient (Wildman–Crippen LogP) is 2.60. The molecule has 7 nitrogen and oxygen atoms in total. The average Bonchev–Trinajstić information content (AvgIpc) is 3.13. The smallest absolute Gasteiger partial charge is 0.248 e. The molecule has 1 unspecified atom stereocenters. The molecule has 28 heavy (non-hydrogen) atoms. The lowest BCUT2D eigenvalue weighted by molar-refractivity contribution is 0.1000. The fourth-order valence-corrected chi connectivity index (χ4v) is 3.35. The highest BCUT2D eigenvalue weighted by Gasteiger charge is 2.32. The zero-order valence-corrected chi connectivity index (χ0v) is 15.8. The highest BCUT2D eigenvalue weighted by atomic mass is 16.1. The predicted molar refractivity (Wildman–Crippen MR) is 113 cm³/mol. The van der Waals surface area contributed by atoms with Crippen molar-refractivity contribution in [2.24, 2.45) is 15.7 Å². The summed E-state index contributed by atoms with van der Waals surface area (Å²) in [5, 5.41) is 3.37. The molecule has 142 valence electrons. The number of nitrogens with two attached hydrogens (primary N) is 1. The van der Waals surface area contributed by atoms with E-state index in [0.29, 0.717) is 17.9 Å². The topological polar surface area (TPSA) is 86.3 Å². The van der Waals surface area contributed by atoms with Gasteiger partial charge >= 0.3 is 0 Å². The van der Waals surface area contributed by atoms with E-state index in [1.54, 1.807) is 12.3 Å². The first-order valence-electron chi connectivity index (χ1n) is 9.05. The van der Waals surface area contributed by atoms with Gasteiger partial charge in [-0.2, -0.15) is 0 Å². The third-order valence-electron chi connectivity index (χ3n) is 4.82. The summed E-state index contributed by atoms with van der Waals surface area (Å²) in [5.74, 6) is 1.05. The molecule has 0 aliphatic carbocycles. The molecule has 2 aromatic rings. The minimum Gasteiger partial charge on any atom is -0.378 e. The van der Waals surface area contributed by atoms with Crippen molar-refractivity contribution < 1.29 is 4.79 Å². The second kappa shape index (κ2) is 7.19. The van der Waals surface area contributed by atoms with Crippen LogP contribution in [0.3, 0.4) is 0 Å². The summed E-state index contributed by atoms with van der Waals surface area (Å²) in [7, 11) is 4.02. The minimum absolute atomic E-state index is 0.00552. The first-order valence-corrected chi connectivity index (χ1v) is 9.05. The van der Waals surface area contributed by atoms with E-state index in [4.69, 9.17) is 10.7 Å². The van der Waals surface area contributed by atoms with Crippen molar-refractivity contribution in [1.29, 1.82) is 0 Å². The first kappa shape index (κ1) is 17.8. The molecule has 7 heteroatoms. The Morgan fingerprint density at radius 1 is 1.21 bits per heavy atom. The number of hydrogen-bond donors (Lipinski definition) is 2. The standard InChI is InChI=1S/C21H22N6O/c1-26(2)17-8-4-7-16(12-17)25-20-21-24-13-18(27(21)10-9-23-20)14-5-3-6-15(11-14)19(22)28/h3-12,18H,13H2,1-2H3,(H2,22,28)(H,23,25). The van der Waals surface area contributed by atoms with Crippen molar-refractivity contribution >= 4 is 29.0 Å². The van der Waals surface area contributed by atoms with Crippen LogP contribution in [-0.4, -0.2) is 43.1 Å². The number of primary amides is 1. The van der Waals surface area contributed by atoms with Crippen LogP contribution in [0.5, 0.6) is 0 Å². The number of carbonyl (C=O) groups is 1. The average molecular weight is 374 g/mol. The molecule has 0 saturated heterocycles. The van der Waals surface area contributed by atoms with Gasteiger partial charge in [-0.3, -0.25) is 9.79 Å². The van der Waals surface area contributed by atoms with Crippen molar-refractivity contribution in [3.8, 4) is 0 Å². The second-order valence-corrected chi connectivity index (χ2v) is 6.92. The molecule has 2 aliphatic rings. The maximum atomic E-state index is 11.5. The van der Waals surface area contributed by atoms with Crippen LogP contribution in [0.15, 0.2) is 70.9 Å². The molecule has 2 heterocycles.